The molecule has 1 amide bonds. The second-order valence-electron chi connectivity index (χ2n) is 8.18. The molecule has 0 atom stereocenters. The number of aryl methyl sites for hydroxylation is 1. The fourth-order valence-electron chi connectivity index (χ4n) is 4.26. The van der Waals surface area contributed by atoms with Gasteiger partial charge < -0.3 is 9.88 Å². The number of rotatable bonds is 5. The van der Waals surface area contributed by atoms with E-state index in [-0.39, 0.29) is 11.7 Å². The Morgan fingerprint density at radius 3 is 2.42 bits per heavy atom. The largest absolute Gasteiger partial charge is 0.322 e. The van der Waals surface area contributed by atoms with Crippen molar-refractivity contribution in [2.45, 2.75) is 32.2 Å². The minimum absolute atomic E-state index is 0.179. The van der Waals surface area contributed by atoms with Crippen LogP contribution in [0.5, 0.6) is 0 Å². The Bertz CT molecular complexity index is 1310. The number of carbonyl (C=O) groups is 2. The van der Waals surface area contributed by atoms with Crippen LogP contribution in [0, 0.1) is 0 Å². The number of hydrogen-bond acceptors (Lipinski definition) is 4. The second kappa shape index (κ2) is 9.20. The Balaban J connectivity index is 1.41. The van der Waals surface area contributed by atoms with Gasteiger partial charge in [-0.3, -0.25) is 9.59 Å². The van der Waals surface area contributed by atoms with Crippen molar-refractivity contribution in [3.63, 3.8) is 0 Å². The van der Waals surface area contributed by atoms with E-state index in [1.165, 1.54) is 6.42 Å². The predicted octanol–water partition coefficient (Wildman–Crippen LogP) is 5.15. The number of amides is 1. The molecule has 1 N–H and O–H groups in total. The molecule has 0 spiro atoms. The zero-order chi connectivity index (χ0) is 22.6. The first-order valence-corrected chi connectivity index (χ1v) is 11.2. The summed E-state index contributed by atoms with van der Waals surface area (Å²) in [5.41, 5.74) is 2.81. The highest BCUT2D eigenvalue weighted by Gasteiger charge is 2.19. The van der Waals surface area contributed by atoms with Gasteiger partial charge >= 0.3 is 0 Å². The van der Waals surface area contributed by atoms with Crippen LogP contribution in [0.25, 0.3) is 11.4 Å². The number of benzene rings is 3. The van der Waals surface area contributed by atoms with Crippen LogP contribution in [0.1, 0.15) is 51.4 Å². The fourth-order valence-corrected chi connectivity index (χ4v) is 4.26. The van der Waals surface area contributed by atoms with Crippen LogP contribution in [-0.2, 0) is 13.0 Å². The number of carbonyl (C=O) groups excluding carboxylic acids is 2. The molecule has 2 heterocycles. The highest BCUT2D eigenvalue weighted by atomic mass is 16.2. The lowest BCUT2D eigenvalue weighted by atomic mass is 9.98. The maximum absolute atomic E-state index is 13.2. The molecule has 0 saturated heterocycles. The molecule has 6 heteroatoms. The normalized spacial score (nSPS) is 13.1. The van der Waals surface area contributed by atoms with E-state index in [9.17, 15) is 9.59 Å². The van der Waals surface area contributed by atoms with Crippen molar-refractivity contribution in [1.29, 1.82) is 0 Å². The number of aromatic nitrogens is 3. The summed E-state index contributed by atoms with van der Waals surface area (Å²) in [4.78, 5) is 26.2. The monoisotopic (exact) mass is 436 g/mol. The van der Waals surface area contributed by atoms with Crippen molar-refractivity contribution in [1.82, 2.24) is 14.8 Å². The Labute approximate surface area is 192 Å². The molecule has 0 saturated carbocycles. The van der Waals surface area contributed by atoms with E-state index in [0.717, 1.165) is 43.0 Å². The minimum Gasteiger partial charge on any atom is -0.322 e. The lowest BCUT2D eigenvalue weighted by Gasteiger charge is -2.11. The quantitative estimate of drug-likeness (QED) is 0.439. The third kappa shape index (κ3) is 4.32. The SMILES string of the molecule is O=C(Nc1cccc(-c2nnc3n2CCCCC3)c1)c1ccccc1C(=O)c1ccccc1. The van der Waals surface area contributed by atoms with Crippen LogP contribution in [0.2, 0.25) is 0 Å². The van der Waals surface area contributed by atoms with Gasteiger partial charge in [0.2, 0.25) is 0 Å². The van der Waals surface area contributed by atoms with Crippen molar-refractivity contribution in [3.8, 4) is 11.4 Å². The maximum atomic E-state index is 13.2. The average Bonchev–Trinajstić information content (AvgIpc) is 3.12. The first kappa shape index (κ1) is 20.8. The molecule has 5 rings (SSSR count). The second-order valence-corrected chi connectivity index (χ2v) is 8.18. The highest BCUT2D eigenvalue weighted by molar-refractivity contribution is 6.17. The predicted molar refractivity (Wildman–Crippen MR) is 127 cm³/mol. The van der Waals surface area contributed by atoms with E-state index in [1.807, 2.05) is 42.5 Å². The first-order chi connectivity index (χ1) is 16.2. The van der Waals surface area contributed by atoms with Gasteiger partial charge in [-0.1, -0.05) is 67.1 Å². The molecular formula is C27H24N4O2. The summed E-state index contributed by atoms with van der Waals surface area (Å²) in [7, 11) is 0. The number of fused-ring (bicyclic) bond motifs is 1. The summed E-state index contributed by atoms with van der Waals surface area (Å²) in [5, 5.41) is 11.7. The number of nitrogens with one attached hydrogen (secondary N) is 1. The molecule has 1 aliphatic rings. The van der Waals surface area contributed by atoms with Crippen molar-refractivity contribution in [3.05, 3.63) is 101 Å². The summed E-state index contributed by atoms with van der Waals surface area (Å²) in [5.74, 6) is 1.33. The third-order valence-electron chi connectivity index (χ3n) is 5.94. The van der Waals surface area contributed by atoms with Gasteiger partial charge in [0.05, 0.1) is 5.56 Å². The van der Waals surface area contributed by atoms with Crippen LogP contribution in [-0.4, -0.2) is 26.5 Å². The standard InChI is InChI=1S/C27H24N4O2/c32-25(19-10-3-1-4-11-19)22-14-6-7-15-23(22)27(33)28-21-13-9-12-20(18-21)26-30-29-24-16-5-2-8-17-31(24)26/h1,3-4,6-7,9-15,18H,2,5,8,16-17H2,(H,28,33). The number of anilines is 1. The summed E-state index contributed by atoms with van der Waals surface area (Å²) in [6.45, 7) is 0.906. The number of nitrogens with zero attached hydrogens (tertiary/aromatic N) is 3. The molecule has 1 aromatic heterocycles. The number of hydrogen-bond donors (Lipinski definition) is 1. The van der Waals surface area contributed by atoms with Crippen LogP contribution in [0.15, 0.2) is 78.9 Å². The number of ketones is 1. The zero-order valence-corrected chi connectivity index (χ0v) is 18.2. The molecule has 33 heavy (non-hydrogen) atoms. The van der Waals surface area contributed by atoms with Crippen molar-refractivity contribution >= 4 is 17.4 Å². The van der Waals surface area contributed by atoms with E-state index >= 15 is 0 Å². The molecular weight excluding hydrogens is 412 g/mol. The van der Waals surface area contributed by atoms with Crippen LogP contribution < -0.4 is 5.32 Å². The molecule has 1 aliphatic heterocycles. The maximum Gasteiger partial charge on any atom is 0.256 e. The Morgan fingerprint density at radius 1 is 0.788 bits per heavy atom. The van der Waals surface area contributed by atoms with E-state index in [1.54, 1.807) is 36.4 Å². The van der Waals surface area contributed by atoms with Crippen molar-refractivity contribution < 1.29 is 9.59 Å². The highest BCUT2D eigenvalue weighted by Crippen LogP contribution is 2.25. The lowest BCUT2D eigenvalue weighted by Crippen LogP contribution is -2.17. The van der Waals surface area contributed by atoms with Gasteiger partial charge in [-0.2, -0.15) is 0 Å². The topological polar surface area (TPSA) is 76.9 Å². The molecule has 6 nitrogen and oxygen atoms in total. The molecule has 0 radical (unpaired) electrons. The van der Waals surface area contributed by atoms with Gasteiger partial charge in [0.15, 0.2) is 11.6 Å². The molecule has 164 valence electrons. The Kier molecular flexibility index (Phi) is 5.81. The Morgan fingerprint density at radius 2 is 1.58 bits per heavy atom. The molecule has 0 aliphatic carbocycles. The van der Waals surface area contributed by atoms with Crippen molar-refractivity contribution in [2.24, 2.45) is 0 Å². The van der Waals surface area contributed by atoms with Gasteiger partial charge in [0, 0.05) is 35.3 Å². The smallest absolute Gasteiger partial charge is 0.256 e. The van der Waals surface area contributed by atoms with Crippen LogP contribution in [0.3, 0.4) is 0 Å². The molecule has 0 bridgehead atoms. The van der Waals surface area contributed by atoms with Gasteiger partial charge in [0.25, 0.3) is 5.91 Å². The summed E-state index contributed by atoms with van der Waals surface area (Å²) >= 11 is 0. The molecule has 0 unspecified atom stereocenters. The summed E-state index contributed by atoms with van der Waals surface area (Å²) in [6.07, 6.45) is 4.38. The van der Waals surface area contributed by atoms with Gasteiger partial charge in [-0.25, -0.2) is 0 Å². The molecule has 0 fully saturated rings. The zero-order valence-electron chi connectivity index (χ0n) is 18.2. The van der Waals surface area contributed by atoms with E-state index in [4.69, 9.17) is 0 Å². The fraction of sp³-hybridized carbons (Fsp3) is 0.185. The van der Waals surface area contributed by atoms with Crippen molar-refractivity contribution in [2.75, 3.05) is 5.32 Å². The van der Waals surface area contributed by atoms with Gasteiger partial charge in [-0.15, -0.1) is 10.2 Å². The average molecular weight is 437 g/mol. The molecule has 3 aromatic carbocycles. The Hall–Kier alpha value is -4.06. The summed E-state index contributed by atoms with van der Waals surface area (Å²) in [6, 6.07) is 23.5. The van der Waals surface area contributed by atoms with Gasteiger partial charge in [-0.05, 0) is 31.0 Å². The minimum atomic E-state index is -0.327. The van der Waals surface area contributed by atoms with E-state index < -0.39 is 0 Å². The van der Waals surface area contributed by atoms with Crippen LogP contribution in [0.4, 0.5) is 5.69 Å². The third-order valence-corrected chi connectivity index (χ3v) is 5.94. The molecule has 4 aromatic rings. The first-order valence-electron chi connectivity index (χ1n) is 11.2. The lowest BCUT2D eigenvalue weighted by molar-refractivity contribution is 0.0996. The summed E-state index contributed by atoms with van der Waals surface area (Å²) < 4.78 is 2.18. The van der Waals surface area contributed by atoms with E-state index in [2.05, 4.69) is 20.1 Å². The van der Waals surface area contributed by atoms with Gasteiger partial charge in [0.1, 0.15) is 5.82 Å². The van der Waals surface area contributed by atoms with Crippen LogP contribution >= 0.6 is 0 Å². The van der Waals surface area contributed by atoms with E-state index in [0.29, 0.717) is 22.4 Å².